The predicted molar refractivity (Wildman–Crippen MR) is 45.5 cm³/mol. The molecule has 0 saturated carbocycles. The Labute approximate surface area is 80.0 Å². The largest absolute Gasteiger partial charge is 0.464 e. The minimum absolute atomic E-state index is 0.199. The molecule has 1 aliphatic heterocycles. The monoisotopic (exact) mass is 195 g/mol. The average Bonchev–Trinajstić information content (AvgIpc) is 2.77. The zero-order valence-electron chi connectivity index (χ0n) is 7.36. The summed E-state index contributed by atoms with van der Waals surface area (Å²) in [5, 5.41) is 2.52. The van der Waals surface area contributed by atoms with E-state index in [9.17, 15) is 9.59 Å². The Hall–Kier alpha value is -1.78. The van der Waals surface area contributed by atoms with E-state index in [4.69, 9.17) is 9.15 Å². The van der Waals surface area contributed by atoms with Gasteiger partial charge < -0.3 is 14.5 Å². The van der Waals surface area contributed by atoms with E-state index in [0.29, 0.717) is 13.0 Å². The molecule has 0 aliphatic carbocycles. The van der Waals surface area contributed by atoms with Gasteiger partial charge in [-0.2, -0.15) is 0 Å². The maximum atomic E-state index is 11.4. The Morgan fingerprint density at radius 2 is 2.43 bits per heavy atom. The summed E-state index contributed by atoms with van der Waals surface area (Å²) in [5.41, 5.74) is 0. The van der Waals surface area contributed by atoms with Crippen LogP contribution in [-0.4, -0.2) is 24.5 Å². The average molecular weight is 195 g/mol. The molecule has 2 rings (SSSR count). The summed E-state index contributed by atoms with van der Waals surface area (Å²) >= 11 is 0. The van der Waals surface area contributed by atoms with Crippen molar-refractivity contribution < 1.29 is 18.7 Å². The molecule has 74 valence electrons. The van der Waals surface area contributed by atoms with Gasteiger partial charge in [-0.05, 0) is 12.1 Å². The SMILES string of the molecule is O=C(N[C@H]1CCOC1=O)c1ccco1. The van der Waals surface area contributed by atoms with Crippen LogP contribution in [0.3, 0.4) is 0 Å². The summed E-state index contributed by atoms with van der Waals surface area (Å²) in [4.78, 5) is 22.4. The van der Waals surface area contributed by atoms with Crippen LogP contribution in [0.4, 0.5) is 0 Å². The predicted octanol–water partition coefficient (Wildman–Crippen LogP) is 0.325. The molecule has 0 aromatic carbocycles. The van der Waals surface area contributed by atoms with E-state index in [0.717, 1.165) is 0 Å². The molecule has 14 heavy (non-hydrogen) atoms. The molecule has 0 bridgehead atoms. The van der Waals surface area contributed by atoms with Gasteiger partial charge in [-0.15, -0.1) is 0 Å². The van der Waals surface area contributed by atoms with Crippen LogP contribution in [0.5, 0.6) is 0 Å². The lowest BCUT2D eigenvalue weighted by atomic mass is 10.2. The first-order chi connectivity index (χ1) is 6.77. The molecule has 1 aromatic rings. The van der Waals surface area contributed by atoms with Crippen LogP contribution in [0, 0.1) is 0 Å². The summed E-state index contributed by atoms with van der Waals surface area (Å²) in [6.45, 7) is 0.363. The standard InChI is InChI=1S/C9H9NO4/c11-8(7-2-1-4-13-7)10-6-3-5-14-9(6)12/h1-2,4,6H,3,5H2,(H,10,11)/t6-/m0/s1. The first-order valence-corrected chi connectivity index (χ1v) is 4.28. The maximum Gasteiger partial charge on any atom is 0.328 e. The number of carbonyl (C=O) groups is 2. The van der Waals surface area contributed by atoms with E-state index in [2.05, 4.69) is 5.32 Å². The molecule has 5 nitrogen and oxygen atoms in total. The van der Waals surface area contributed by atoms with Gasteiger partial charge in [-0.25, -0.2) is 4.79 Å². The smallest absolute Gasteiger partial charge is 0.328 e. The second kappa shape index (κ2) is 3.53. The Morgan fingerprint density at radius 3 is 3.00 bits per heavy atom. The molecule has 1 saturated heterocycles. The summed E-state index contributed by atoms with van der Waals surface area (Å²) in [5.74, 6) is -0.576. The van der Waals surface area contributed by atoms with E-state index >= 15 is 0 Å². The van der Waals surface area contributed by atoms with Crippen LogP contribution in [-0.2, 0) is 9.53 Å². The topological polar surface area (TPSA) is 68.5 Å². The Bertz CT molecular complexity index is 344. The number of ether oxygens (including phenoxy) is 1. The molecule has 1 aliphatic rings. The highest BCUT2D eigenvalue weighted by Crippen LogP contribution is 2.07. The summed E-state index contributed by atoms with van der Waals surface area (Å²) in [7, 11) is 0. The molecule has 1 atom stereocenters. The van der Waals surface area contributed by atoms with Gasteiger partial charge in [0.25, 0.3) is 5.91 Å². The van der Waals surface area contributed by atoms with Gasteiger partial charge in [0.05, 0.1) is 12.9 Å². The number of cyclic esters (lactones) is 1. The molecule has 1 amide bonds. The van der Waals surface area contributed by atoms with E-state index in [-0.39, 0.29) is 17.6 Å². The van der Waals surface area contributed by atoms with E-state index in [1.165, 1.54) is 12.3 Å². The zero-order valence-corrected chi connectivity index (χ0v) is 7.36. The van der Waals surface area contributed by atoms with E-state index < -0.39 is 6.04 Å². The molecule has 1 aromatic heterocycles. The van der Waals surface area contributed by atoms with Gasteiger partial charge in [0.1, 0.15) is 6.04 Å². The van der Waals surface area contributed by atoms with Gasteiger partial charge >= 0.3 is 5.97 Å². The van der Waals surface area contributed by atoms with Gasteiger partial charge in [0, 0.05) is 6.42 Å². The van der Waals surface area contributed by atoms with Crippen LogP contribution >= 0.6 is 0 Å². The summed E-state index contributed by atoms with van der Waals surface area (Å²) < 4.78 is 9.58. The molecule has 1 fully saturated rings. The van der Waals surface area contributed by atoms with Gasteiger partial charge in [0.2, 0.25) is 0 Å². The van der Waals surface area contributed by atoms with Crippen molar-refractivity contribution in [3.8, 4) is 0 Å². The van der Waals surface area contributed by atoms with Crippen LogP contribution in [0.15, 0.2) is 22.8 Å². The number of hydrogen-bond acceptors (Lipinski definition) is 4. The highest BCUT2D eigenvalue weighted by atomic mass is 16.5. The van der Waals surface area contributed by atoms with Crippen LogP contribution in [0.1, 0.15) is 17.0 Å². The van der Waals surface area contributed by atoms with Gasteiger partial charge in [-0.3, -0.25) is 4.79 Å². The third-order valence-electron chi connectivity index (χ3n) is 1.99. The third-order valence-corrected chi connectivity index (χ3v) is 1.99. The minimum atomic E-state index is -0.535. The van der Waals surface area contributed by atoms with E-state index in [1.807, 2.05) is 0 Å². The number of nitrogens with one attached hydrogen (secondary N) is 1. The Morgan fingerprint density at radius 1 is 1.57 bits per heavy atom. The number of hydrogen-bond donors (Lipinski definition) is 1. The maximum absolute atomic E-state index is 11.4. The number of esters is 1. The zero-order chi connectivity index (χ0) is 9.97. The number of furan rings is 1. The highest BCUT2D eigenvalue weighted by Gasteiger charge is 2.28. The normalized spacial score (nSPS) is 20.6. The molecular formula is C9H9NO4. The summed E-state index contributed by atoms with van der Waals surface area (Å²) in [6, 6.07) is 2.62. The lowest BCUT2D eigenvalue weighted by Crippen LogP contribution is -2.37. The number of carbonyl (C=O) groups excluding carboxylic acids is 2. The molecule has 1 N–H and O–H groups in total. The lowest BCUT2D eigenvalue weighted by Gasteiger charge is -2.06. The van der Waals surface area contributed by atoms with Crippen molar-refractivity contribution in [1.82, 2.24) is 5.32 Å². The van der Waals surface area contributed by atoms with Crippen molar-refractivity contribution in [3.05, 3.63) is 24.2 Å². The van der Waals surface area contributed by atoms with Crippen molar-refractivity contribution in [1.29, 1.82) is 0 Å². The first kappa shape index (κ1) is 8.80. The molecule has 0 unspecified atom stereocenters. The first-order valence-electron chi connectivity index (χ1n) is 4.28. The van der Waals surface area contributed by atoms with Crippen molar-refractivity contribution >= 4 is 11.9 Å². The minimum Gasteiger partial charge on any atom is -0.464 e. The highest BCUT2D eigenvalue weighted by molar-refractivity contribution is 5.94. The summed E-state index contributed by atoms with van der Waals surface area (Å²) in [6.07, 6.45) is 1.92. The molecule has 0 radical (unpaired) electrons. The number of amides is 1. The molecule has 2 heterocycles. The lowest BCUT2D eigenvalue weighted by molar-refractivity contribution is -0.139. The fourth-order valence-corrected chi connectivity index (χ4v) is 1.26. The van der Waals surface area contributed by atoms with Crippen molar-refractivity contribution in [2.45, 2.75) is 12.5 Å². The van der Waals surface area contributed by atoms with Crippen molar-refractivity contribution in [3.63, 3.8) is 0 Å². The fourth-order valence-electron chi connectivity index (χ4n) is 1.26. The van der Waals surface area contributed by atoms with Gasteiger partial charge in [-0.1, -0.05) is 0 Å². The van der Waals surface area contributed by atoms with Crippen molar-refractivity contribution in [2.24, 2.45) is 0 Å². The van der Waals surface area contributed by atoms with E-state index in [1.54, 1.807) is 6.07 Å². The Kier molecular flexibility index (Phi) is 2.22. The van der Waals surface area contributed by atoms with Gasteiger partial charge in [0.15, 0.2) is 5.76 Å². The number of rotatable bonds is 2. The van der Waals surface area contributed by atoms with Crippen LogP contribution in [0.25, 0.3) is 0 Å². The second-order valence-electron chi connectivity index (χ2n) is 2.96. The molecule has 5 heteroatoms. The fraction of sp³-hybridized carbons (Fsp3) is 0.333. The van der Waals surface area contributed by atoms with Crippen LogP contribution < -0.4 is 5.32 Å². The van der Waals surface area contributed by atoms with Crippen molar-refractivity contribution in [2.75, 3.05) is 6.61 Å². The third kappa shape index (κ3) is 1.61. The Balaban J connectivity index is 1.98. The van der Waals surface area contributed by atoms with Crippen LogP contribution in [0.2, 0.25) is 0 Å². The molecule has 0 spiro atoms. The second-order valence-corrected chi connectivity index (χ2v) is 2.96. The molecular weight excluding hydrogens is 186 g/mol. The quantitative estimate of drug-likeness (QED) is 0.690.